The van der Waals surface area contributed by atoms with Crippen LogP contribution >= 0.6 is 15.9 Å². The Labute approximate surface area is 82.8 Å². The molecule has 1 aliphatic heterocycles. The van der Waals surface area contributed by atoms with E-state index >= 15 is 0 Å². The van der Waals surface area contributed by atoms with Crippen LogP contribution in [0.4, 0.5) is 13.2 Å². The van der Waals surface area contributed by atoms with Gasteiger partial charge in [-0.2, -0.15) is 13.2 Å². The SMILES string of the molecule is FC(F)(F)C12CCC(CBr)(C1)OC2. The van der Waals surface area contributed by atoms with Crippen molar-refractivity contribution in [2.45, 2.75) is 31.0 Å². The predicted molar refractivity (Wildman–Crippen MR) is 44.8 cm³/mol. The van der Waals surface area contributed by atoms with Gasteiger partial charge in [-0.1, -0.05) is 15.9 Å². The van der Waals surface area contributed by atoms with Crippen LogP contribution in [-0.2, 0) is 4.74 Å². The first-order chi connectivity index (χ1) is 5.93. The first-order valence-electron chi connectivity index (χ1n) is 4.20. The van der Waals surface area contributed by atoms with Crippen LogP contribution in [0.3, 0.4) is 0 Å². The number of hydrogen-bond acceptors (Lipinski definition) is 1. The van der Waals surface area contributed by atoms with E-state index < -0.39 is 17.2 Å². The summed E-state index contributed by atoms with van der Waals surface area (Å²) in [5, 5.41) is 0.512. The second-order valence-electron chi connectivity index (χ2n) is 4.06. The highest BCUT2D eigenvalue weighted by molar-refractivity contribution is 9.09. The van der Waals surface area contributed by atoms with Gasteiger partial charge in [0.15, 0.2) is 0 Å². The Hall–Kier alpha value is 0.230. The molecule has 2 rings (SSSR count). The highest BCUT2D eigenvalue weighted by Gasteiger charge is 2.67. The van der Waals surface area contributed by atoms with Crippen molar-refractivity contribution in [2.75, 3.05) is 11.9 Å². The van der Waals surface area contributed by atoms with Crippen molar-refractivity contribution in [1.29, 1.82) is 0 Å². The first kappa shape index (κ1) is 9.77. The maximum atomic E-state index is 12.7. The zero-order chi connectivity index (χ0) is 9.74. The van der Waals surface area contributed by atoms with E-state index in [-0.39, 0.29) is 19.4 Å². The van der Waals surface area contributed by atoms with E-state index in [0.29, 0.717) is 11.8 Å². The Morgan fingerprint density at radius 1 is 1.31 bits per heavy atom. The fourth-order valence-corrected chi connectivity index (χ4v) is 2.92. The van der Waals surface area contributed by atoms with Crippen molar-refractivity contribution in [3.05, 3.63) is 0 Å². The van der Waals surface area contributed by atoms with Crippen LogP contribution in [0.25, 0.3) is 0 Å². The molecule has 2 aliphatic rings. The van der Waals surface area contributed by atoms with E-state index in [1.807, 2.05) is 0 Å². The van der Waals surface area contributed by atoms with Crippen LogP contribution in [0.15, 0.2) is 0 Å². The van der Waals surface area contributed by atoms with Gasteiger partial charge in [0, 0.05) is 5.33 Å². The minimum absolute atomic E-state index is 0.134. The third-order valence-corrected chi connectivity index (χ3v) is 4.24. The molecule has 1 saturated heterocycles. The number of fused-ring (bicyclic) bond motifs is 2. The molecular formula is C8H10BrF3O. The number of ether oxygens (including phenoxy) is 1. The Balaban J connectivity index is 2.23. The first-order valence-corrected chi connectivity index (χ1v) is 5.32. The maximum absolute atomic E-state index is 12.7. The molecule has 0 amide bonds. The number of hydrogen-bond donors (Lipinski definition) is 0. The number of halogens is 4. The average molecular weight is 259 g/mol. The van der Waals surface area contributed by atoms with Gasteiger partial charge in [-0.15, -0.1) is 0 Å². The van der Waals surface area contributed by atoms with Crippen molar-refractivity contribution >= 4 is 15.9 Å². The summed E-state index contributed by atoms with van der Waals surface area (Å²) in [6.45, 7) is -0.151. The van der Waals surface area contributed by atoms with Crippen LogP contribution in [0.1, 0.15) is 19.3 Å². The fraction of sp³-hybridized carbons (Fsp3) is 1.00. The number of alkyl halides is 4. The molecule has 0 N–H and O–H groups in total. The lowest BCUT2D eigenvalue weighted by Crippen LogP contribution is -2.37. The van der Waals surface area contributed by atoms with Crippen molar-refractivity contribution in [1.82, 2.24) is 0 Å². The lowest BCUT2D eigenvalue weighted by Gasteiger charge is -2.29. The number of rotatable bonds is 1. The molecule has 2 unspecified atom stereocenters. The van der Waals surface area contributed by atoms with E-state index in [2.05, 4.69) is 15.9 Å². The summed E-state index contributed by atoms with van der Waals surface area (Å²) in [6.07, 6.45) is -3.22. The predicted octanol–water partition coefficient (Wildman–Crippen LogP) is 2.88. The molecule has 1 saturated carbocycles. The average Bonchev–Trinajstić information content (AvgIpc) is 2.60. The molecule has 2 bridgehead atoms. The van der Waals surface area contributed by atoms with Gasteiger partial charge >= 0.3 is 6.18 Å². The Morgan fingerprint density at radius 2 is 2.00 bits per heavy atom. The van der Waals surface area contributed by atoms with E-state index in [0.717, 1.165) is 0 Å². The van der Waals surface area contributed by atoms with Crippen molar-refractivity contribution in [2.24, 2.45) is 5.41 Å². The van der Waals surface area contributed by atoms with Gasteiger partial charge in [0.2, 0.25) is 0 Å². The van der Waals surface area contributed by atoms with Gasteiger partial charge in [0.05, 0.1) is 17.6 Å². The second kappa shape index (κ2) is 2.63. The van der Waals surface area contributed by atoms with E-state index in [1.54, 1.807) is 0 Å². The van der Waals surface area contributed by atoms with Gasteiger partial charge in [-0.25, -0.2) is 0 Å². The molecule has 2 fully saturated rings. The molecule has 0 radical (unpaired) electrons. The zero-order valence-corrected chi connectivity index (χ0v) is 8.54. The monoisotopic (exact) mass is 258 g/mol. The van der Waals surface area contributed by atoms with Crippen LogP contribution in [0.2, 0.25) is 0 Å². The molecule has 1 heterocycles. The lowest BCUT2D eigenvalue weighted by atomic mass is 9.87. The summed E-state index contributed by atoms with van der Waals surface area (Å²) in [5.41, 5.74) is -2.07. The van der Waals surface area contributed by atoms with Gasteiger partial charge in [-0.05, 0) is 19.3 Å². The van der Waals surface area contributed by atoms with Gasteiger partial charge in [0.25, 0.3) is 0 Å². The minimum Gasteiger partial charge on any atom is -0.373 e. The Bertz CT molecular complexity index is 218. The standard InChI is InChI=1S/C8H10BrF3O/c9-4-7-2-1-6(3-7,5-13-7)8(10,11)12/h1-5H2. The highest BCUT2D eigenvalue weighted by atomic mass is 79.9. The van der Waals surface area contributed by atoms with Crippen molar-refractivity contribution < 1.29 is 17.9 Å². The van der Waals surface area contributed by atoms with Crippen molar-refractivity contribution in [3.63, 3.8) is 0 Å². The quantitative estimate of drug-likeness (QED) is 0.658. The van der Waals surface area contributed by atoms with Crippen LogP contribution in [0, 0.1) is 5.41 Å². The molecule has 0 aromatic carbocycles. The van der Waals surface area contributed by atoms with E-state index in [4.69, 9.17) is 4.74 Å². The summed E-state index contributed by atoms with van der Waals surface area (Å²) in [4.78, 5) is 0. The maximum Gasteiger partial charge on any atom is 0.396 e. The third kappa shape index (κ3) is 1.23. The minimum atomic E-state index is -4.10. The lowest BCUT2D eigenvalue weighted by molar-refractivity contribution is -0.227. The molecule has 76 valence electrons. The fourth-order valence-electron chi connectivity index (χ4n) is 2.27. The molecule has 2 atom stereocenters. The smallest absolute Gasteiger partial charge is 0.373 e. The molecule has 1 nitrogen and oxygen atoms in total. The topological polar surface area (TPSA) is 9.23 Å². The van der Waals surface area contributed by atoms with E-state index in [9.17, 15) is 13.2 Å². The normalized spacial score (nSPS) is 44.3. The third-order valence-electron chi connectivity index (χ3n) is 3.22. The molecule has 0 aromatic heterocycles. The highest BCUT2D eigenvalue weighted by Crippen LogP contribution is 2.60. The van der Waals surface area contributed by atoms with Crippen LogP contribution in [0.5, 0.6) is 0 Å². The molecule has 0 spiro atoms. The molecule has 0 aromatic rings. The van der Waals surface area contributed by atoms with Gasteiger partial charge < -0.3 is 4.74 Å². The van der Waals surface area contributed by atoms with Gasteiger partial charge in [-0.3, -0.25) is 0 Å². The van der Waals surface area contributed by atoms with E-state index in [1.165, 1.54) is 0 Å². The van der Waals surface area contributed by atoms with Crippen LogP contribution < -0.4 is 0 Å². The summed E-state index contributed by atoms with van der Waals surface area (Å²) in [6, 6.07) is 0. The molecule has 13 heavy (non-hydrogen) atoms. The Morgan fingerprint density at radius 3 is 2.23 bits per heavy atom. The molecule has 1 aliphatic carbocycles. The zero-order valence-electron chi connectivity index (χ0n) is 6.96. The van der Waals surface area contributed by atoms with Gasteiger partial charge in [0.1, 0.15) is 0 Å². The van der Waals surface area contributed by atoms with Crippen LogP contribution in [-0.4, -0.2) is 23.7 Å². The van der Waals surface area contributed by atoms with Crippen molar-refractivity contribution in [3.8, 4) is 0 Å². The second-order valence-corrected chi connectivity index (χ2v) is 4.62. The summed E-state index contributed by atoms with van der Waals surface area (Å²) in [5.74, 6) is 0. The molecular weight excluding hydrogens is 249 g/mol. The summed E-state index contributed by atoms with van der Waals surface area (Å²) < 4.78 is 43.2. The molecule has 5 heteroatoms. The summed E-state index contributed by atoms with van der Waals surface area (Å²) in [7, 11) is 0. The Kier molecular flexibility index (Phi) is 1.97. The summed E-state index contributed by atoms with van der Waals surface area (Å²) >= 11 is 3.22. The largest absolute Gasteiger partial charge is 0.396 e.